The van der Waals surface area contributed by atoms with Gasteiger partial charge in [0, 0.05) is 17.5 Å². The molecule has 1 heterocycles. The Bertz CT molecular complexity index is 906. The summed E-state index contributed by atoms with van der Waals surface area (Å²) in [6.07, 6.45) is 2.61. The summed E-state index contributed by atoms with van der Waals surface area (Å²) in [7, 11) is 0. The molecule has 0 radical (unpaired) electrons. The normalized spacial score (nSPS) is 12.1. The van der Waals surface area contributed by atoms with Gasteiger partial charge < -0.3 is 0 Å². The van der Waals surface area contributed by atoms with Crippen LogP contribution in [-0.4, -0.2) is 22.0 Å². The van der Waals surface area contributed by atoms with E-state index < -0.39 is 0 Å². The average molecular weight is 318 g/mol. The molecule has 0 amide bonds. The van der Waals surface area contributed by atoms with Gasteiger partial charge in [0.2, 0.25) is 0 Å². The highest BCUT2D eigenvalue weighted by Gasteiger charge is 2.31. The largest absolute Gasteiger partial charge is 0.288 e. The van der Waals surface area contributed by atoms with Crippen molar-refractivity contribution in [2.45, 2.75) is 11.4 Å². The molecule has 4 heteroatoms. The van der Waals surface area contributed by atoms with E-state index in [0.717, 1.165) is 33.2 Å². The van der Waals surface area contributed by atoms with Gasteiger partial charge in [-0.1, -0.05) is 54.6 Å². The third kappa shape index (κ3) is 2.35. The fourth-order valence-electron chi connectivity index (χ4n) is 2.91. The third-order valence-corrected chi connectivity index (χ3v) is 4.66. The second-order valence-electron chi connectivity index (χ2n) is 5.41. The van der Waals surface area contributed by atoms with Gasteiger partial charge in [-0.3, -0.25) is 4.79 Å². The van der Waals surface area contributed by atoms with Crippen molar-refractivity contribution in [3.63, 3.8) is 0 Å². The zero-order valence-corrected chi connectivity index (χ0v) is 13.4. The van der Waals surface area contributed by atoms with Crippen LogP contribution in [0.4, 0.5) is 0 Å². The van der Waals surface area contributed by atoms with Crippen LogP contribution in [-0.2, 0) is 6.42 Å². The van der Waals surface area contributed by atoms with E-state index in [0.29, 0.717) is 12.0 Å². The van der Waals surface area contributed by atoms with Crippen LogP contribution in [0, 0.1) is 0 Å². The molecule has 0 saturated carbocycles. The van der Waals surface area contributed by atoms with E-state index in [9.17, 15) is 4.79 Å². The highest BCUT2D eigenvalue weighted by Crippen LogP contribution is 2.38. The maximum Gasteiger partial charge on any atom is 0.198 e. The van der Waals surface area contributed by atoms with Crippen LogP contribution in [0.3, 0.4) is 0 Å². The minimum Gasteiger partial charge on any atom is -0.288 e. The average Bonchev–Trinajstić information content (AvgIpc) is 2.88. The van der Waals surface area contributed by atoms with Crippen molar-refractivity contribution in [1.29, 1.82) is 0 Å². The quantitative estimate of drug-likeness (QED) is 0.423. The van der Waals surface area contributed by atoms with E-state index in [1.165, 1.54) is 11.8 Å². The summed E-state index contributed by atoms with van der Waals surface area (Å²) < 4.78 is 0. The van der Waals surface area contributed by atoms with Crippen LogP contribution in [0.2, 0.25) is 0 Å². The van der Waals surface area contributed by atoms with Gasteiger partial charge in [0.05, 0.1) is 11.3 Å². The summed E-state index contributed by atoms with van der Waals surface area (Å²) >= 11 is 1.50. The van der Waals surface area contributed by atoms with Gasteiger partial charge >= 0.3 is 0 Å². The molecule has 0 N–H and O–H groups in total. The SMILES string of the molecule is CSc1nc(Cc2ccccc2)nc2c1C(=O)c1ccccc1-2. The summed E-state index contributed by atoms with van der Waals surface area (Å²) in [5.74, 6) is 0.787. The summed E-state index contributed by atoms with van der Waals surface area (Å²) in [4.78, 5) is 22.0. The molecular weight excluding hydrogens is 304 g/mol. The van der Waals surface area contributed by atoms with Crippen molar-refractivity contribution >= 4 is 17.5 Å². The minimum atomic E-state index is 0.0335. The number of benzene rings is 2. The number of carbonyl (C=O) groups is 1. The van der Waals surface area contributed by atoms with Gasteiger partial charge in [0.25, 0.3) is 0 Å². The van der Waals surface area contributed by atoms with Crippen LogP contribution >= 0.6 is 11.8 Å². The van der Waals surface area contributed by atoms with E-state index >= 15 is 0 Å². The molecule has 1 aliphatic carbocycles. The number of hydrogen-bond donors (Lipinski definition) is 0. The van der Waals surface area contributed by atoms with Crippen molar-refractivity contribution in [3.8, 4) is 11.3 Å². The number of fused-ring (bicyclic) bond motifs is 3. The van der Waals surface area contributed by atoms with Crippen LogP contribution in [0.1, 0.15) is 27.3 Å². The molecule has 2 aromatic carbocycles. The lowest BCUT2D eigenvalue weighted by Gasteiger charge is -2.08. The number of hydrogen-bond acceptors (Lipinski definition) is 4. The van der Waals surface area contributed by atoms with E-state index in [2.05, 4.69) is 17.1 Å². The van der Waals surface area contributed by atoms with Gasteiger partial charge in [0.1, 0.15) is 10.9 Å². The molecule has 23 heavy (non-hydrogen) atoms. The molecule has 0 fully saturated rings. The minimum absolute atomic E-state index is 0.0335. The van der Waals surface area contributed by atoms with Gasteiger partial charge in [-0.05, 0) is 11.8 Å². The van der Waals surface area contributed by atoms with E-state index in [4.69, 9.17) is 4.98 Å². The Morgan fingerprint density at radius 2 is 1.61 bits per heavy atom. The molecule has 112 valence electrons. The first-order valence-electron chi connectivity index (χ1n) is 7.41. The summed E-state index contributed by atoms with van der Waals surface area (Å²) in [6.45, 7) is 0. The maximum absolute atomic E-state index is 12.6. The lowest BCUT2D eigenvalue weighted by atomic mass is 10.1. The zero-order chi connectivity index (χ0) is 15.8. The molecule has 4 rings (SSSR count). The molecule has 0 bridgehead atoms. The molecule has 0 saturated heterocycles. The Morgan fingerprint density at radius 1 is 0.913 bits per heavy atom. The monoisotopic (exact) mass is 318 g/mol. The Kier molecular flexibility index (Phi) is 3.46. The second kappa shape index (κ2) is 5.63. The highest BCUT2D eigenvalue weighted by atomic mass is 32.2. The van der Waals surface area contributed by atoms with Crippen LogP contribution < -0.4 is 0 Å². The number of thioether (sulfide) groups is 1. The first-order chi connectivity index (χ1) is 11.3. The first-order valence-corrected chi connectivity index (χ1v) is 8.63. The number of ketones is 1. The molecule has 1 aromatic heterocycles. The number of rotatable bonds is 3. The second-order valence-corrected chi connectivity index (χ2v) is 6.20. The zero-order valence-electron chi connectivity index (χ0n) is 12.6. The molecule has 0 spiro atoms. The standard InChI is InChI=1S/C19H14N2OS/c1-23-19-16-17(13-9-5-6-10-14(13)18(16)22)20-15(21-19)11-12-7-3-2-4-8-12/h2-10H,11H2,1H3. The topological polar surface area (TPSA) is 42.9 Å². The van der Waals surface area contributed by atoms with Gasteiger partial charge in [-0.25, -0.2) is 9.97 Å². The van der Waals surface area contributed by atoms with Crippen molar-refractivity contribution in [2.75, 3.05) is 6.26 Å². The smallest absolute Gasteiger partial charge is 0.198 e. The van der Waals surface area contributed by atoms with Crippen molar-refractivity contribution in [1.82, 2.24) is 9.97 Å². The van der Waals surface area contributed by atoms with Gasteiger partial charge in [0.15, 0.2) is 5.78 Å². The van der Waals surface area contributed by atoms with Crippen molar-refractivity contribution < 1.29 is 4.79 Å². The predicted octanol–water partition coefficient (Wildman–Crippen LogP) is 4.00. The summed E-state index contributed by atoms with van der Waals surface area (Å²) in [6, 6.07) is 17.8. The Balaban J connectivity index is 1.86. The van der Waals surface area contributed by atoms with Crippen LogP contribution in [0.25, 0.3) is 11.3 Å². The van der Waals surface area contributed by atoms with Crippen LogP contribution in [0.15, 0.2) is 59.6 Å². The van der Waals surface area contributed by atoms with Gasteiger partial charge in [-0.15, -0.1) is 11.8 Å². The molecule has 1 aliphatic rings. The lowest BCUT2D eigenvalue weighted by Crippen LogP contribution is -2.05. The Labute approximate surface area is 138 Å². The first kappa shape index (κ1) is 14.2. The van der Waals surface area contributed by atoms with E-state index in [1.807, 2.05) is 48.7 Å². The summed E-state index contributed by atoms with van der Waals surface area (Å²) in [5, 5.41) is 0.766. The summed E-state index contributed by atoms with van der Waals surface area (Å²) in [5.41, 5.74) is 4.23. The number of aromatic nitrogens is 2. The fraction of sp³-hybridized carbons (Fsp3) is 0.105. The van der Waals surface area contributed by atoms with Crippen molar-refractivity contribution in [2.24, 2.45) is 0 Å². The maximum atomic E-state index is 12.6. The van der Waals surface area contributed by atoms with E-state index in [-0.39, 0.29) is 5.78 Å². The van der Waals surface area contributed by atoms with E-state index in [1.54, 1.807) is 0 Å². The molecule has 3 aromatic rings. The highest BCUT2D eigenvalue weighted by molar-refractivity contribution is 7.98. The van der Waals surface area contributed by atoms with Crippen molar-refractivity contribution in [3.05, 3.63) is 77.1 Å². The molecular formula is C19H14N2OS. The molecule has 0 aliphatic heterocycles. The lowest BCUT2D eigenvalue weighted by molar-refractivity contribution is 0.104. The van der Waals surface area contributed by atoms with Crippen LogP contribution in [0.5, 0.6) is 0 Å². The fourth-order valence-corrected chi connectivity index (χ4v) is 3.50. The predicted molar refractivity (Wildman–Crippen MR) is 91.9 cm³/mol. The Morgan fingerprint density at radius 3 is 2.35 bits per heavy atom. The third-order valence-electron chi connectivity index (χ3n) is 3.97. The Hall–Kier alpha value is -2.46. The van der Waals surface area contributed by atoms with Gasteiger partial charge in [-0.2, -0.15) is 0 Å². The number of carbonyl (C=O) groups excluding carboxylic acids is 1. The molecule has 0 atom stereocenters. The number of nitrogens with zero attached hydrogens (tertiary/aromatic N) is 2. The molecule has 3 nitrogen and oxygen atoms in total. The molecule has 0 unspecified atom stereocenters.